The van der Waals surface area contributed by atoms with Gasteiger partial charge in [-0.3, -0.25) is 4.18 Å². The molecule has 4 atom stereocenters. The van der Waals surface area contributed by atoms with Crippen LogP contribution in [0.2, 0.25) is 0 Å². The van der Waals surface area contributed by atoms with Gasteiger partial charge in [0.15, 0.2) is 0 Å². The third kappa shape index (κ3) is 5.09. The number of nitrogens with one attached hydrogen (secondary N) is 2. The Morgan fingerprint density at radius 1 is 1.14 bits per heavy atom. The van der Waals surface area contributed by atoms with Crippen LogP contribution >= 0.6 is 11.3 Å². The number of thiophene rings is 1. The number of aromatic nitrogens is 2. The minimum atomic E-state index is -4.14. The molecule has 12 heteroatoms. The summed E-state index contributed by atoms with van der Waals surface area (Å²) in [6, 6.07) is 15.2. The lowest BCUT2D eigenvalue weighted by atomic mass is 10.0. The van der Waals surface area contributed by atoms with Crippen molar-refractivity contribution >= 4 is 53.3 Å². The highest BCUT2D eigenvalue weighted by molar-refractivity contribution is 7.84. The number of rotatable bonds is 8. The summed E-state index contributed by atoms with van der Waals surface area (Å²) in [5.41, 5.74) is 1.23. The first-order valence-corrected chi connectivity index (χ1v) is 13.6. The molecule has 2 aromatic heterocycles. The zero-order valence-electron chi connectivity index (χ0n) is 19.0. The number of nitrogens with two attached hydrogens (primary N) is 1. The molecule has 2 aromatic carbocycles. The first-order valence-electron chi connectivity index (χ1n) is 11.3. The lowest BCUT2D eigenvalue weighted by molar-refractivity contribution is 0.00778. The fourth-order valence-corrected chi connectivity index (χ4v) is 6.22. The van der Waals surface area contributed by atoms with E-state index in [2.05, 4.69) is 37.7 Å². The van der Waals surface area contributed by atoms with Crippen LogP contribution in [0.25, 0.3) is 20.2 Å². The largest absolute Gasteiger partial charge is 0.390 e. The van der Waals surface area contributed by atoms with Crippen LogP contribution in [-0.4, -0.2) is 59.2 Å². The fraction of sp³-hybridized carbons (Fsp3) is 0.292. The van der Waals surface area contributed by atoms with Crippen LogP contribution in [0.15, 0.2) is 54.7 Å². The summed E-state index contributed by atoms with van der Waals surface area (Å²) in [7, 11) is -4.14. The van der Waals surface area contributed by atoms with E-state index in [1.165, 1.54) is 10.1 Å². The Labute approximate surface area is 211 Å². The molecule has 0 bridgehead atoms. The summed E-state index contributed by atoms with van der Waals surface area (Å²) in [4.78, 5) is 8.80. The number of benzene rings is 2. The average molecular weight is 528 g/mol. The van der Waals surface area contributed by atoms with Crippen LogP contribution in [0.1, 0.15) is 17.8 Å². The molecule has 1 aliphatic rings. The second-order valence-corrected chi connectivity index (χ2v) is 11.1. The number of aliphatic hydroxyl groups excluding tert-OH is 2. The molecular formula is C24H25N5O5S2. The molecule has 0 saturated heterocycles. The van der Waals surface area contributed by atoms with Gasteiger partial charge >= 0.3 is 10.3 Å². The Kier molecular flexibility index (Phi) is 6.72. The van der Waals surface area contributed by atoms with Crippen LogP contribution < -0.4 is 10.5 Å². The molecule has 0 aliphatic heterocycles. The van der Waals surface area contributed by atoms with Gasteiger partial charge in [0.05, 0.1) is 25.2 Å². The van der Waals surface area contributed by atoms with Gasteiger partial charge in [-0.2, -0.15) is 8.42 Å². The number of nitrogens with zero attached hydrogens (tertiary/aromatic N) is 2. The molecule has 5 rings (SSSR count). The molecular weight excluding hydrogens is 502 g/mol. The molecule has 0 radical (unpaired) electrons. The van der Waals surface area contributed by atoms with E-state index in [-0.39, 0.29) is 19.4 Å². The number of hydrogen-bond acceptors (Lipinski definition) is 10. The minimum absolute atomic E-state index is 0.212. The van der Waals surface area contributed by atoms with Crippen LogP contribution in [-0.2, 0) is 20.9 Å². The second kappa shape index (κ2) is 9.81. The van der Waals surface area contributed by atoms with E-state index in [4.69, 9.17) is 10.5 Å². The van der Waals surface area contributed by atoms with Gasteiger partial charge in [0.25, 0.3) is 0 Å². The summed E-state index contributed by atoms with van der Waals surface area (Å²) in [5.74, 6) is 0.245. The van der Waals surface area contributed by atoms with Crippen LogP contribution in [0.4, 0.5) is 5.82 Å². The van der Waals surface area contributed by atoms with E-state index in [0.29, 0.717) is 17.4 Å². The van der Waals surface area contributed by atoms with Crippen molar-refractivity contribution in [1.29, 1.82) is 5.41 Å². The van der Waals surface area contributed by atoms with Gasteiger partial charge < -0.3 is 20.9 Å². The van der Waals surface area contributed by atoms with E-state index >= 15 is 0 Å². The molecule has 4 unspecified atom stereocenters. The van der Waals surface area contributed by atoms with Crippen LogP contribution in [0.5, 0.6) is 0 Å². The molecule has 1 fully saturated rings. The highest BCUT2D eigenvalue weighted by atomic mass is 32.2. The summed E-state index contributed by atoms with van der Waals surface area (Å²) in [6.45, 7) is -0.329. The van der Waals surface area contributed by atoms with Crippen molar-refractivity contribution < 1.29 is 22.8 Å². The van der Waals surface area contributed by atoms with Gasteiger partial charge in [-0.15, -0.1) is 11.3 Å². The molecule has 0 spiro atoms. The first-order chi connectivity index (χ1) is 17.2. The van der Waals surface area contributed by atoms with Crippen molar-refractivity contribution in [3.8, 4) is 0 Å². The molecule has 2 heterocycles. The summed E-state index contributed by atoms with van der Waals surface area (Å²) >= 11 is 1.66. The van der Waals surface area contributed by atoms with Gasteiger partial charge in [0.2, 0.25) is 0 Å². The number of anilines is 1. The summed E-state index contributed by atoms with van der Waals surface area (Å²) in [6.07, 6.45) is -0.302. The van der Waals surface area contributed by atoms with E-state index in [0.717, 1.165) is 15.6 Å². The predicted molar refractivity (Wildman–Crippen MR) is 138 cm³/mol. The Hall–Kier alpha value is -3.00. The van der Waals surface area contributed by atoms with Crippen molar-refractivity contribution in [2.45, 2.75) is 31.1 Å². The zero-order chi connectivity index (χ0) is 25.4. The standard InChI is InChI=1S/C24H25N5O5S2/c25-17(16-6-3-5-15-14-4-1-2-7-19(14)35-24(15)16)11-21-27-9-8-20(29-21)28-18-10-13(22(30)23(18)31)12-34-36(26,32)33/h1-9,13,18,22-23,25,30-31H,10-12H2,(H2,26,32,33)(H,27,28,29). The molecule has 6 N–H and O–H groups in total. The Morgan fingerprint density at radius 2 is 1.92 bits per heavy atom. The maximum Gasteiger partial charge on any atom is 0.333 e. The van der Waals surface area contributed by atoms with Gasteiger partial charge in [-0.05, 0) is 18.6 Å². The molecule has 10 nitrogen and oxygen atoms in total. The monoisotopic (exact) mass is 527 g/mol. The molecule has 188 valence electrons. The Bertz CT molecular complexity index is 1540. The molecule has 4 aromatic rings. The maximum atomic E-state index is 11.1. The zero-order valence-corrected chi connectivity index (χ0v) is 20.7. The average Bonchev–Trinajstić information content (AvgIpc) is 3.35. The quantitative estimate of drug-likeness (QED) is 0.217. The van der Waals surface area contributed by atoms with Crippen LogP contribution in [0, 0.1) is 11.3 Å². The third-order valence-corrected chi connectivity index (χ3v) is 8.04. The third-order valence-electron chi connectivity index (χ3n) is 6.35. The number of aliphatic hydroxyl groups is 2. The van der Waals surface area contributed by atoms with Crippen molar-refractivity contribution in [3.63, 3.8) is 0 Å². The lowest BCUT2D eigenvalue weighted by Crippen LogP contribution is -2.36. The predicted octanol–water partition coefficient (Wildman–Crippen LogP) is 2.20. The van der Waals surface area contributed by atoms with Crippen LogP contribution in [0.3, 0.4) is 0 Å². The fourth-order valence-electron chi connectivity index (χ4n) is 4.61. The molecule has 0 amide bonds. The molecule has 36 heavy (non-hydrogen) atoms. The van der Waals surface area contributed by atoms with Crippen molar-refractivity contribution in [3.05, 3.63) is 66.1 Å². The van der Waals surface area contributed by atoms with E-state index in [1.54, 1.807) is 23.6 Å². The number of fused-ring (bicyclic) bond motifs is 3. The topological polar surface area (TPSA) is 172 Å². The smallest absolute Gasteiger partial charge is 0.333 e. The summed E-state index contributed by atoms with van der Waals surface area (Å²) in [5, 5.41) is 39.7. The number of hydrogen-bond donors (Lipinski definition) is 5. The first kappa shape index (κ1) is 24.7. The normalized spacial score (nSPS) is 22.3. The van der Waals surface area contributed by atoms with E-state index < -0.39 is 34.5 Å². The highest BCUT2D eigenvalue weighted by Gasteiger charge is 2.42. The Balaban J connectivity index is 1.30. The van der Waals surface area contributed by atoms with Gasteiger partial charge in [0.1, 0.15) is 17.7 Å². The minimum Gasteiger partial charge on any atom is -0.390 e. The summed E-state index contributed by atoms with van der Waals surface area (Å²) < 4.78 is 28.9. The second-order valence-electron chi connectivity index (χ2n) is 8.80. The highest BCUT2D eigenvalue weighted by Crippen LogP contribution is 2.36. The lowest BCUT2D eigenvalue weighted by Gasteiger charge is -2.18. The van der Waals surface area contributed by atoms with Gasteiger partial charge in [-0.1, -0.05) is 36.4 Å². The van der Waals surface area contributed by atoms with Crippen molar-refractivity contribution in [1.82, 2.24) is 9.97 Å². The SMILES string of the molecule is N=C(Cc1nccc(NC2CC(COS(N)(=O)=O)C(O)C2O)n1)c1cccc2c1sc1ccccc12. The van der Waals surface area contributed by atoms with Gasteiger partial charge in [-0.25, -0.2) is 15.1 Å². The van der Waals surface area contributed by atoms with E-state index in [9.17, 15) is 18.6 Å². The Morgan fingerprint density at radius 3 is 2.72 bits per heavy atom. The molecule has 1 saturated carbocycles. The van der Waals surface area contributed by atoms with Crippen molar-refractivity contribution in [2.24, 2.45) is 11.1 Å². The van der Waals surface area contributed by atoms with Crippen molar-refractivity contribution in [2.75, 3.05) is 11.9 Å². The van der Waals surface area contributed by atoms with E-state index in [1.807, 2.05) is 24.3 Å². The molecule has 1 aliphatic carbocycles. The maximum absolute atomic E-state index is 11.1. The van der Waals surface area contributed by atoms with Gasteiger partial charge in [0, 0.05) is 43.6 Å².